The molecular formula is C18H29ClN2O2. The van der Waals surface area contributed by atoms with Crippen LogP contribution in [0.2, 0.25) is 0 Å². The summed E-state index contributed by atoms with van der Waals surface area (Å²) in [6.45, 7) is 9.17. The Morgan fingerprint density at radius 2 is 2.09 bits per heavy atom. The first kappa shape index (κ1) is 19.8. The fraction of sp³-hybridized carbons (Fsp3) is 0.611. The number of ether oxygens (including phenoxy) is 1. The molecule has 2 N–H and O–H groups in total. The van der Waals surface area contributed by atoms with E-state index in [-0.39, 0.29) is 23.7 Å². The first-order chi connectivity index (χ1) is 10.4. The lowest BCUT2D eigenvalue weighted by Crippen LogP contribution is -2.34. The molecule has 1 aliphatic heterocycles. The summed E-state index contributed by atoms with van der Waals surface area (Å²) in [5.41, 5.74) is 8.38. The number of amides is 1. The quantitative estimate of drug-likeness (QED) is 0.810. The minimum Gasteiger partial charge on any atom is -0.494 e. The Labute approximate surface area is 145 Å². The summed E-state index contributed by atoms with van der Waals surface area (Å²) < 4.78 is 5.73. The first-order valence-electron chi connectivity index (χ1n) is 8.11. The Kier molecular flexibility index (Phi) is 7.36. The van der Waals surface area contributed by atoms with Gasteiger partial charge in [0.1, 0.15) is 5.75 Å². The molecule has 0 radical (unpaired) electrons. The lowest BCUT2D eigenvalue weighted by atomic mass is 9.90. The van der Waals surface area contributed by atoms with Crippen molar-refractivity contribution in [2.75, 3.05) is 26.2 Å². The number of benzene rings is 1. The number of nitrogens with zero attached hydrogens (tertiary/aromatic N) is 1. The Balaban J connectivity index is 0.00000264. The maximum absolute atomic E-state index is 12.2. The predicted molar refractivity (Wildman–Crippen MR) is 96.3 cm³/mol. The molecule has 130 valence electrons. The van der Waals surface area contributed by atoms with E-state index in [1.54, 1.807) is 0 Å². The van der Waals surface area contributed by atoms with Crippen LogP contribution in [-0.2, 0) is 4.79 Å². The Hall–Kier alpha value is -1.26. The molecule has 5 heteroatoms. The fourth-order valence-corrected chi connectivity index (χ4v) is 2.78. The minimum absolute atomic E-state index is 0. The van der Waals surface area contributed by atoms with Gasteiger partial charge in [-0.1, -0.05) is 13.0 Å². The summed E-state index contributed by atoms with van der Waals surface area (Å²) in [6, 6.07) is 6.09. The van der Waals surface area contributed by atoms with Gasteiger partial charge in [0.2, 0.25) is 5.91 Å². The molecule has 1 unspecified atom stereocenters. The van der Waals surface area contributed by atoms with Crippen LogP contribution < -0.4 is 10.5 Å². The summed E-state index contributed by atoms with van der Waals surface area (Å²) in [6.07, 6.45) is 2.31. The predicted octanol–water partition coefficient (Wildman–Crippen LogP) is 3.08. The Bertz CT molecular complexity index is 536. The van der Waals surface area contributed by atoms with Crippen LogP contribution in [0.4, 0.5) is 0 Å². The average molecular weight is 341 g/mol. The molecule has 0 saturated carbocycles. The first-order valence-corrected chi connectivity index (χ1v) is 8.11. The number of likely N-dealkylation sites (tertiary alicyclic amines) is 1. The second-order valence-corrected chi connectivity index (χ2v) is 6.78. The molecule has 1 aromatic carbocycles. The molecule has 1 fully saturated rings. The molecule has 0 aromatic heterocycles. The number of carbonyl (C=O) groups is 1. The van der Waals surface area contributed by atoms with E-state index in [4.69, 9.17) is 10.5 Å². The van der Waals surface area contributed by atoms with Gasteiger partial charge in [0.25, 0.3) is 0 Å². The van der Waals surface area contributed by atoms with E-state index in [0.717, 1.165) is 31.7 Å². The van der Waals surface area contributed by atoms with Gasteiger partial charge in [0.15, 0.2) is 0 Å². The third-order valence-corrected chi connectivity index (χ3v) is 4.69. The van der Waals surface area contributed by atoms with Gasteiger partial charge in [-0.3, -0.25) is 4.79 Å². The zero-order valence-corrected chi connectivity index (χ0v) is 15.2. The summed E-state index contributed by atoms with van der Waals surface area (Å²) in [7, 11) is 0. The smallest absolute Gasteiger partial charge is 0.222 e. The Morgan fingerprint density at radius 3 is 2.70 bits per heavy atom. The van der Waals surface area contributed by atoms with Crippen LogP contribution in [0.1, 0.15) is 37.3 Å². The molecule has 23 heavy (non-hydrogen) atoms. The molecule has 1 aliphatic rings. The van der Waals surface area contributed by atoms with Gasteiger partial charge in [0.05, 0.1) is 6.61 Å². The summed E-state index contributed by atoms with van der Waals surface area (Å²) in [4.78, 5) is 14.1. The van der Waals surface area contributed by atoms with E-state index in [1.165, 1.54) is 11.1 Å². The number of nitrogens with two attached hydrogens (primary N) is 1. The lowest BCUT2D eigenvalue weighted by molar-refractivity contribution is -0.130. The van der Waals surface area contributed by atoms with E-state index in [1.807, 2.05) is 17.0 Å². The molecule has 0 bridgehead atoms. The SMILES string of the molecule is Cc1ccc(OCCCC(=O)N2CCC(C)(CN)C2)cc1C.Cl. The van der Waals surface area contributed by atoms with Crippen molar-refractivity contribution in [2.24, 2.45) is 11.1 Å². The molecule has 2 rings (SSSR count). The van der Waals surface area contributed by atoms with Crippen molar-refractivity contribution in [1.29, 1.82) is 0 Å². The van der Waals surface area contributed by atoms with E-state index in [2.05, 4.69) is 26.8 Å². The van der Waals surface area contributed by atoms with E-state index < -0.39 is 0 Å². The second kappa shape index (κ2) is 8.55. The number of aryl methyl sites for hydroxylation is 2. The van der Waals surface area contributed by atoms with E-state index in [0.29, 0.717) is 19.6 Å². The van der Waals surface area contributed by atoms with Crippen molar-refractivity contribution < 1.29 is 9.53 Å². The summed E-state index contributed by atoms with van der Waals surface area (Å²) in [5, 5.41) is 0. The van der Waals surface area contributed by atoms with Gasteiger partial charge in [-0.15, -0.1) is 12.4 Å². The van der Waals surface area contributed by atoms with Crippen LogP contribution in [0.25, 0.3) is 0 Å². The molecule has 4 nitrogen and oxygen atoms in total. The highest BCUT2D eigenvalue weighted by Crippen LogP contribution is 2.28. The fourth-order valence-electron chi connectivity index (χ4n) is 2.78. The van der Waals surface area contributed by atoms with Gasteiger partial charge in [0, 0.05) is 19.5 Å². The average Bonchev–Trinajstić information content (AvgIpc) is 2.90. The van der Waals surface area contributed by atoms with Crippen molar-refractivity contribution in [1.82, 2.24) is 4.90 Å². The third kappa shape index (κ3) is 5.40. The van der Waals surface area contributed by atoms with Gasteiger partial charge < -0.3 is 15.4 Å². The van der Waals surface area contributed by atoms with Crippen LogP contribution in [0, 0.1) is 19.3 Å². The normalized spacial score (nSPS) is 20.3. The van der Waals surface area contributed by atoms with Crippen molar-refractivity contribution in [3.63, 3.8) is 0 Å². The standard InChI is InChI=1S/C18H28N2O2.ClH/c1-14-6-7-16(11-15(14)2)22-10-4-5-17(21)20-9-8-18(3,12-19)13-20;/h6-7,11H,4-5,8-10,12-13,19H2,1-3H3;1H. The second-order valence-electron chi connectivity index (χ2n) is 6.78. The molecule has 1 heterocycles. The molecular weight excluding hydrogens is 312 g/mol. The zero-order valence-electron chi connectivity index (χ0n) is 14.4. The summed E-state index contributed by atoms with van der Waals surface area (Å²) >= 11 is 0. The number of rotatable bonds is 6. The maximum atomic E-state index is 12.2. The van der Waals surface area contributed by atoms with Crippen LogP contribution in [0.3, 0.4) is 0 Å². The van der Waals surface area contributed by atoms with Gasteiger partial charge in [-0.05, 0) is 61.9 Å². The molecule has 0 aliphatic carbocycles. The number of carbonyl (C=O) groups excluding carboxylic acids is 1. The van der Waals surface area contributed by atoms with Gasteiger partial charge >= 0.3 is 0 Å². The number of hydrogen-bond donors (Lipinski definition) is 1. The van der Waals surface area contributed by atoms with E-state index in [9.17, 15) is 4.79 Å². The van der Waals surface area contributed by atoms with Crippen LogP contribution in [0.15, 0.2) is 18.2 Å². The van der Waals surface area contributed by atoms with Crippen LogP contribution in [-0.4, -0.2) is 37.0 Å². The lowest BCUT2D eigenvalue weighted by Gasteiger charge is -2.22. The maximum Gasteiger partial charge on any atom is 0.222 e. The zero-order chi connectivity index (χ0) is 16.2. The van der Waals surface area contributed by atoms with Crippen molar-refractivity contribution >= 4 is 18.3 Å². The third-order valence-electron chi connectivity index (χ3n) is 4.69. The molecule has 1 saturated heterocycles. The molecule has 1 atom stereocenters. The van der Waals surface area contributed by atoms with Gasteiger partial charge in [-0.2, -0.15) is 0 Å². The topological polar surface area (TPSA) is 55.6 Å². The van der Waals surface area contributed by atoms with Crippen molar-refractivity contribution in [2.45, 2.75) is 40.0 Å². The minimum atomic E-state index is 0. The Morgan fingerprint density at radius 1 is 1.35 bits per heavy atom. The highest BCUT2D eigenvalue weighted by atomic mass is 35.5. The molecule has 1 amide bonds. The highest BCUT2D eigenvalue weighted by molar-refractivity contribution is 5.85. The molecule has 1 aromatic rings. The highest BCUT2D eigenvalue weighted by Gasteiger charge is 2.34. The van der Waals surface area contributed by atoms with E-state index >= 15 is 0 Å². The van der Waals surface area contributed by atoms with Crippen LogP contribution in [0.5, 0.6) is 5.75 Å². The molecule has 0 spiro atoms. The number of hydrogen-bond acceptors (Lipinski definition) is 3. The monoisotopic (exact) mass is 340 g/mol. The van der Waals surface area contributed by atoms with Gasteiger partial charge in [-0.25, -0.2) is 0 Å². The summed E-state index contributed by atoms with van der Waals surface area (Å²) in [5.74, 6) is 1.10. The largest absolute Gasteiger partial charge is 0.494 e. The van der Waals surface area contributed by atoms with Crippen molar-refractivity contribution in [3.8, 4) is 5.75 Å². The van der Waals surface area contributed by atoms with Crippen molar-refractivity contribution in [3.05, 3.63) is 29.3 Å². The van der Waals surface area contributed by atoms with Crippen LogP contribution >= 0.6 is 12.4 Å². The number of halogens is 1.